The Morgan fingerprint density at radius 2 is 1.71 bits per heavy atom. The topological polar surface area (TPSA) is 52.7 Å². The van der Waals surface area contributed by atoms with Crippen LogP contribution in [0.15, 0.2) is 54.6 Å². The molecule has 0 radical (unpaired) electrons. The van der Waals surface area contributed by atoms with E-state index in [0.29, 0.717) is 25.9 Å². The molecule has 2 aromatic rings. The molecule has 1 aliphatic rings. The zero-order valence-electron chi connectivity index (χ0n) is 18.8. The number of benzene rings is 2. The van der Waals surface area contributed by atoms with Crippen LogP contribution in [-0.2, 0) is 22.6 Å². The third kappa shape index (κ3) is 7.51. The van der Waals surface area contributed by atoms with E-state index in [2.05, 4.69) is 24.1 Å². The first kappa shape index (κ1) is 23.0. The van der Waals surface area contributed by atoms with Crippen molar-refractivity contribution >= 4 is 17.5 Å². The van der Waals surface area contributed by atoms with Crippen LogP contribution < -0.4 is 10.2 Å². The second-order valence-electron chi connectivity index (χ2n) is 8.81. The maximum atomic E-state index is 13.0. The molecule has 166 valence electrons. The molecule has 1 saturated heterocycles. The Kier molecular flexibility index (Phi) is 8.65. The van der Waals surface area contributed by atoms with Crippen LogP contribution in [0.3, 0.4) is 0 Å². The smallest absolute Gasteiger partial charge is 0.227 e. The van der Waals surface area contributed by atoms with E-state index in [9.17, 15) is 9.59 Å². The molecule has 5 nitrogen and oxygen atoms in total. The van der Waals surface area contributed by atoms with Crippen molar-refractivity contribution < 1.29 is 9.59 Å². The number of nitrogens with zero attached hydrogens (tertiary/aromatic N) is 2. The molecular formula is C26H35N3O2. The van der Waals surface area contributed by atoms with Crippen molar-refractivity contribution in [2.45, 2.75) is 46.1 Å². The molecule has 0 atom stereocenters. The molecular weight excluding hydrogens is 386 g/mol. The quantitative estimate of drug-likeness (QED) is 0.630. The van der Waals surface area contributed by atoms with E-state index in [1.165, 1.54) is 12.8 Å². The summed E-state index contributed by atoms with van der Waals surface area (Å²) >= 11 is 0. The van der Waals surface area contributed by atoms with Gasteiger partial charge in [0.05, 0.1) is 13.0 Å². The fourth-order valence-corrected chi connectivity index (χ4v) is 3.99. The molecule has 3 rings (SSSR count). The van der Waals surface area contributed by atoms with E-state index in [1.807, 2.05) is 59.5 Å². The van der Waals surface area contributed by atoms with Crippen LogP contribution in [0.1, 0.15) is 44.2 Å². The lowest BCUT2D eigenvalue weighted by atomic mass is 10.1. The van der Waals surface area contributed by atoms with Crippen molar-refractivity contribution in [1.29, 1.82) is 0 Å². The maximum Gasteiger partial charge on any atom is 0.227 e. The molecule has 2 aromatic carbocycles. The number of anilines is 1. The van der Waals surface area contributed by atoms with Gasteiger partial charge in [-0.05, 0) is 55.1 Å². The Morgan fingerprint density at radius 3 is 2.42 bits per heavy atom. The SMILES string of the molecule is CC(C)CC(=O)N(Cc1ccccc1)c1cccc(CC(=O)NCCN2CCCC2)c1. The number of rotatable bonds is 10. The molecule has 31 heavy (non-hydrogen) atoms. The molecule has 2 amide bonds. The Morgan fingerprint density at radius 1 is 1.00 bits per heavy atom. The van der Waals surface area contributed by atoms with E-state index in [1.54, 1.807) is 0 Å². The van der Waals surface area contributed by atoms with Gasteiger partial charge >= 0.3 is 0 Å². The summed E-state index contributed by atoms with van der Waals surface area (Å²) < 4.78 is 0. The van der Waals surface area contributed by atoms with Gasteiger partial charge in [-0.3, -0.25) is 9.59 Å². The van der Waals surface area contributed by atoms with E-state index in [0.717, 1.165) is 36.4 Å². The monoisotopic (exact) mass is 421 g/mol. The highest BCUT2D eigenvalue weighted by atomic mass is 16.2. The first-order chi connectivity index (χ1) is 15.0. The number of nitrogens with one attached hydrogen (secondary N) is 1. The molecule has 1 fully saturated rings. The minimum Gasteiger partial charge on any atom is -0.355 e. The summed E-state index contributed by atoms with van der Waals surface area (Å²) in [6.45, 7) is 8.52. The molecule has 0 aliphatic carbocycles. The number of likely N-dealkylation sites (tertiary alicyclic amines) is 1. The molecule has 0 saturated carbocycles. The first-order valence-electron chi connectivity index (χ1n) is 11.4. The van der Waals surface area contributed by atoms with Gasteiger partial charge in [0, 0.05) is 25.2 Å². The second kappa shape index (κ2) is 11.7. The van der Waals surface area contributed by atoms with E-state index >= 15 is 0 Å². The van der Waals surface area contributed by atoms with E-state index < -0.39 is 0 Å². The lowest BCUT2D eigenvalue weighted by Gasteiger charge is -2.24. The number of carbonyl (C=O) groups excluding carboxylic acids is 2. The third-order valence-corrected chi connectivity index (χ3v) is 5.60. The Labute approximate surface area is 186 Å². The van der Waals surface area contributed by atoms with Crippen LogP contribution in [0.5, 0.6) is 0 Å². The standard InChI is InChI=1S/C26H35N3O2/c1-21(2)17-26(31)29(20-22-9-4-3-5-10-22)24-12-8-11-23(18-24)19-25(30)27-13-16-28-14-6-7-15-28/h3-5,8-12,18,21H,6-7,13-17,19-20H2,1-2H3,(H,27,30). The maximum absolute atomic E-state index is 13.0. The number of carbonyl (C=O) groups is 2. The highest BCUT2D eigenvalue weighted by Crippen LogP contribution is 2.22. The summed E-state index contributed by atoms with van der Waals surface area (Å²) in [5.41, 5.74) is 2.85. The summed E-state index contributed by atoms with van der Waals surface area (Å²) in [4.78, 5) is 29.7. The minimum atomic E-state index is 0.0273. The lowest BCUT2D eigenvalue weighted by molar-refractivity contribution is -0.120. The van der Waals surface area contributed by atoms with Crippen LogP contribution in [0.2, 0.25) is 0 Å². The number of hydrogen-bond donors (Lipinski definition) is 1. The van der Waals surface area contributed by atoms with Gasteiger partial charge in [-0.2, -0.15) is 0 Å². The van der Waals surface area contributed by atoms with Gasteiger partial charge in [-0.1, -0.05) is 56.3 Å². The van der Waals surface area contributed by atoms with Crippen molar-refractivity contribution in [3.63, 3.8) is 0 Å². The normalized spacial score (nSPS) is 14.0. The van der Waals surface area contributed by atoms with Crippen molar-refractivity contribution in [3.05, 3.63) is 65.7 Å². The van der Waals surface area contributed by atoms with Gasteiger partial charge < -0.3 is 15.1 Å². The predicted octanol–water partition coefficient (Wildman–Crippen LogP) is 4.02. The van der Waals surface area contributed by atoms with Gasteiger partial charge in [-0.15, -0.1) is 0 Å². The fraction of sp³-hybridized carbons (Fsp3) is 0.462. The molecule has 0 spiro atoms. The molecule has 5 heteroatoms. The second-order valence-corrected chi connectivity index (χ2v) is 8.81. The Hall–Kier alpha value is -2.66. The van der Waals surface area contributed by atoms with Gasteiger partial charge in [0.15, 0.2) is 0 Å². The van der Waals surface area contributed by atoms with Crippen LogP contribution in [0, 0.1) is 5.92 Å². The lowest BCUT2D eigenvalue weighted by Crippen LogP contribution is -2.34. The van der Waals surface area contributed by atoms with Gasteiger partial charge in [0.1, 0.15) is 0 Å². The van der Waals surface area contributed by atoms with E-state index in [-0.39, 0.29) is 17.7 Å². The van der Waals surface area contributed by atoms with Gasteiger partial charge in [0.2, 0.25) is 11.8 Å². The molecule has 1 heterocycles. The fourth-order valence-electron chi connectivity index (χ4n) is 3.99. The summed E-state index contributed by atoms with van der Waals surface area (Å²) in [5, 5.41) is 3.03. The number of hydrogen-bond acceptors (Lipinski definition) is 3. The largest absolute Gasteiger partial charge is 0.355 e. The average molecular weight is 422 g/mol. The van der Waals surface area contributed by atoms with E-state index in [4.69, 9.17) is 0 Å². The minimum absolute atomic E-state index is 0.0273. The average Bonchev–Trinajstić information content (AvgIpc) is 3.26. The first-order valence-corrected chi connectivity index (χ1v) is 11.4. The third-order valence-electron chi connectivity index (χ3n) is 5.60. The van der Waals surface area contributed by atoms with Crippen molar-refractivity contribution in [1.82, 2.24) is 10.2 Å². The zero-order valence-corrected chi connectivity index (χ0v) is 18.8. The van der Waals surface area contributed by atoms with Crippen molar-refractivity contribution in [2.24, 2.45) is 5.92 Å². The molecule has 0 unspecified atom stereocenters. The van der Waals surface area contributed by atoms with Crippen LogP contribution in [0.25, 0.3) is 0 Å². The summed E-state index contributed by atoms with van der Waals surface area (Å²) in [7, 11) is 0. The Bertz CT molecular complexity index is 845. The predicted molar refractivity (Wildman–Crippen MR) is 126 cm³/mol. The van der Waals surface area contributed by atoms with Crippen LogP contribution in [0.4, 0.5) is 5.69 Å². The van der Waals surface area contributed by atoms with Crippen LogP contribution in [-0.4, -0.2) is 42.9 Å². The summed E-state index contributed by atoms with van der Waals surface area (Å²) in [6.07, 6.45) is 3.34. The molecule has 1 N–H and O–H groups in total. The highest BCUT2D eigenvalue weighted by Gasteiger charge is 2.18. The van der Waals surface area contributed by atoms with Crippen molar-refractivity contribution in [3.8, 4) is 0 Å². The van der Waals surface area contributed by atoms with Gasteiger partial charge in [-0.25, -0.2) is 0 Å². The summed E-state index contributed by atoms with van der Waals surface area (Å²) in [6, 6.07) is 17.8. The molecule has 0 aromatic heterocycles. The highest BCUT2D eigenvalue weighted by molar-refractivity contribution is 5.93. The zero-order chi connectivity index (χ0) is 22.1. The molecule has 1 aliphatic heterocycles. The number of amides is 2. The van der Waals surface area contributed by atoms with Gasteiger partial charge in [0.25, 0.3) is 0 Å². The van der Waals surface area contributed by atoms with Crippen LogP contribution >= 0.6 is 0 Å². The Balaban J connectivity index is 1.64. The molecule has 0 bridgehead atoms. The van der Waals surface area contributed by atoms with Crippen molar-refractivity contribution in [2.75, 3.05) is 31.1 Å². The summed E-state index contributed by atoms with van der Waals surface area (Å²) in [5.74, 6) is 0.417.